The summed E-state index contributed by atoms with van der Waals surface area (Å²) in [4.78, 5) is 38.1. The van der Waals surface area contributed by atoms with E-state index in [0.717, 1.165) is 128 Å². The molecule has 0 radical (unpaired) electrons. The van der Waals surface area contributed by atoms with Crippen molar-refractivity contribution in [2.24, 2.45) is 0 Å². The molecule has 0 saturated carbocycles. The Kier molecular flexibility index (Phi) is 62.2. The number of allylic oxidation sites excluding steroid dienone is 24. The van der Waals surface area contributed by atoms with E-state index in [1.807, 2.05) is 21.1 Å². The highest BCUT2D eigenvalue weighted by molar-refractivity contribution is 7.45. The minimum atomic E-state index is -4.65. The molecule has 0 aromatic carbocycles. The van der Waals surface area contributed by atoms with Gasteiger partial charge in [0, 0.05) is 12.8 Å². The maximum atomic E-state index is 12.9. The number of carbonyl (C=O) groups is 2. The van der Waals surface area contributed by atoms with Crippen molar-refractivity contribution in [3.05, 3.63) is 146 Å². The van der Waals surface area contributed by atoms with E-state index in [2.05, 4.69) is 160 Å². The van der Waals surface area contributed by atoms with Crippen LogP contribution in [0.4, 0.5) is 0 Å². The monoisotopic (exact) mass is 1210 g/mol. The van der Waals surface area contributed by atoms with E-state index in [1.54, 1.807) is 0 Å². The van der Waals surface area contributed by atoms with E-state index in [4.69, 9.17) is 18.5 Å². The summed E-state index contributed by atoms with van der Waals surface area (Å²) in [6, 6.07) is 0. The molecule has 2 unspecified atom stereocenters. The Morgan fingerprint density at radius 3 is 0.930 bits per heavy atom. The fraction of sp³-hybridized carbons (Fsp3) is 0.658. The number of likely N-dealkylation sites (N-methyl/N-ethyl adjacent to an activating group) is 1. The van der Waals surface area contributed by atoms with Crippen LogP contribution in [0.25, 0.3) is 0 Å². The Morgan fingerprint density at radius 1 is 0.360 bits per heavy atom. The first kappa shape index (κ1) is 81.9. The number of carbonyl (C=O) groups excluding carboxylic acids is 2. The molecule has 0 amide bonds. The summed E-state index contributed by atoms with van der Waals surface area (Å²) in [5, 5.41) is 0. The molecular formula is C76H128NO8P. The van der Waals surface area contributed by atoms with Gasteiger partial charge in [-0.1, -0.05) is 288 Å². The molecule has 490 valence electrons. The lowest BCUT2D eigenvalue weighted by atomic mass is 10.0. The zero-order valence-corrected chi connectivity index (χ0v) is 56.6. The normalized spacial score (nSPS) is 14.1. The van der Waals surface area contributed by atoms with Crippen LogP contribution >= 0.6 is 7.82 Å². The maximum absolute atomic E-state index is 12.9. The second-order valence-corrected chi connectivity index (χ2v) is 25.2. The van der Waals surface area contributed by atoms with Gasteiger partial charge < -0.3 is 27.9 Å². The molecule has 0 aliphatic rings. The Bertz CT molecular complexity index is 1960. The predicted molar refractivity (Wildman–Crippen MR) is 369 cm³/mol. The standard InChI is InChI=1S/C76H128NO8P/c1-6-8-10-12-14-16-18-20-22-24-26-28-30-32-34-36-37-38-39-41-43-45-47-49-51-53-55-57-59-61-63-65-67-69-76(79)85-74(73-84-86(80,81)83-71-70-77(3,4)5)72-82-75(78)68-66-64-62-60-58-56-54-52-50-48-46-44-42-40-35-33-31-29-27-25-23-21-19-17-15-13-11-9-7-2/h8-11,14-17,20-23,26-29,32-35,37-38,42,44,74H,6-7,12-13,18-19,24-25,30-31,36,39-41,43,45-73H2,1-5H3/b10-8-,11-9-,16-14-,17-15-,22-20-,23-21-,28-26-,29-27-,34-32-,35-33-,38-37-,44-42-. The summed E-state index contributed by atoms with van der Waals surface area (Å²) in [6.07, 6.45) is 96.3. The van der Waals surface area contributed by atoms with Crippen molar-refractivity contribution in [1.29, 1.82) is 0 Å². The number of hydrogen-bond acceptors (Lipinski definition) is 8. The maximum Gasteiger partial charge on any atom is 0.306 e. The molecule has 0 spiro atoms. The summed E-state index contributed by atoms with van der Waals surface area (Å²) >= 11 is 0. The van der Waals surface area contributed by atoms with Crippen LogP contribution in [0.3, 0.4) is 0 Å². The predicted octanol–water partition coefficient (Wildman–Crippen LogP) is 22.0. The van der Waals surface area contributed by atoms with Gasteiger partial charge in [-0.2, -0.15) is 0 Å². The van der Waals surface area contributed by atoms with Crippen molar-refractivity contribution >= 4 is 19.8 Å². The second-order valence-electron chi connectivity index (χ2n) is 23.8. The van der Waals surface area contributed by atoms with E-state index in [1.165, 1.54) is 109 Å². The smallest absolute Gasteiger partial charge is 0.306 e. The van der Waals surface area contributed by atoms with Gasteiger partial charge >= 0.3 is 11.9 Å². The number of phosphoric ester groups is 1. The highest BCUT2D eigenvalue weighted by atomic mass is 31.2. The topological polar surface area (TPSA) is 111 Å². The lowest BCUT2D eigenvalue weighted by Gasteiger charge is -2.28. The van der Waals surface area contributed by atoms with Crippen molar-refractivity contribution in [3.8, 4) is 0 Å². The minimum absolute atomic E-state index is 0.0379. The highest BCUT2D eigenvalue weighted by Gasteiger charge is 2.22. The molecule has 0 aliphatic heterocycles. The van der Waals surface area contributed by atoms with Gasteiger partial charge in [0.25, 0.3) is 7.82 Å². The van der Waals surface area contributed by atoms with Crippen LogP contribution in [0, 0.1) is 0 Å². The third kappa shape index (κ3) is 69.0. The molecular weight excluding hydrogens is 1090 g/mol. The largest absolute Gasteiger partial charge is 0.756 e. The quantitative estimate of drug-likeness (QED) is 0.0195. The van der Waals surface area contributed by atoms with Gasteiger partial charge in [-0.3, -0.25) is 14.2 Å². The first-order chi connectivity index (χ1) is 42.0. The van der Waals surface area contributed by atoms with Crippen LogP contribution < -0.4 is 4.89 Å². The lowest BCUT2D eigenvalue weighted by Crippen LogP contribution is -2.37. The van der Waals surface area contributed by atoms with E-state index in [9.17, 15) is 19.0 Å². The zero-order chi connectivity index (χ0) is 62.6. The Balaban J connectivity index is 4.10. The lowest BCUT2D eigenvalue weighted by molar-refractivity contribution is -0.870. The number of esters is 2. The molecule has 0 rings (SSSR count). The van der Waals surface area contributed by atoms with E-state index in [-0.39, 0.29) is 26.1 Å². The van der Waals surface area contributed by atoms with Gasteiger partial charge in [0.15, 0.2) is 6.10 Å². The SMILES string of the molecule is CC/C=C\C/C=C\C/C=C\C/C=C\C/C=C\C/C=C\CCCCCCCCCCCCCCCCC(=O)OC(COC(=O)CCCCCCCCCCCC/C=C\C/C=C\C/C=C\C/C=C\C/C=C\C/C=C\CC)COP(=O)([O-])OCC[N+](C)(C)C. The fourth-order valence-corrected chi connectivity index (χ4v) is 9.86. The summed E-state index contributed by atoms with van der Waals surface area (Å²) in [6.45, 7) is 4.01. The Morgan fingerprint density at radius 2 is 0.628 bits per heavy atom. The third-order valence-electron chi connectivity index (χ3n) is 14.4. The number of ether oxygens (including phenoxy) is 2. The Labute approximate surface area is 529 Å². The van der Waals surface area contributed by atoms with Crippen molar-refractivity contribution in [3.63, 3.8) is 0 Å². The summed E-state index contributed by atoms with van der Waals surface area (Å²) < 4.78 is 34.3. The van der Waals surface area contributed by atoms with Crippen LogP contribution in [-0.4, -0.2) is 70.0 Å². The van der Waals surface area contributed by atoms with Gasteiger partial charge in [0.1, 0.15) is 19.8 Å². The molecule has 86 heavy (non-hydrogen) atoms. The molecule has 0 saturated heterocycles. The van der Waals surface area contributed by atoms with Crippen molar-refractivity contribution in [2.75, 3.05) is 47.5 Å². The summed E-state index contributed by atoms with van der Waals surface area (Å²) in [5.41, 5.74) is 0. The molecule has 0 bridgehead atoms. The number of phosphoric acid groups is 1. The van der Waals surface area contributed by atoms with Crippen molar-refractivity contribution < 1.29 is 42.1 Å². The van der Waals surface area contributed by atoms with Crippen LogP contribution in [-0.2, 0) is 32.7 Å². The zero-order valence-electron chi connectivity index (χ0n) is 55.7. The van der Waals surface area contributed by atoms with Gasteiger partial charge in [-0.05, 0) is 116 Å². The van der Waals surface area contributed by atoms with Crippen molar-refractivity contribution in [1.82, 2.24) is 0 Å². The first-order valence-electron chi connectivity index (χ1n) is 34.5. The van der Waals surface area contributed by atoms with Gasteiger partial charge in [-0.15, -0.1) is 0 Å². The molecule has 0 fully saturated rings. The summed E-state index contributed by atoms with van der Waals surface area (Å²) in [7, 11) is 1.15. The highest BCUT2D eigenvalue weighted by Crippen LogP contribution is 2.38. The van der Waals surface area contributed by atoms with E-state index >= 15 is 0 Å². The number of nitrogens with zero attached hydrogens (tertiary/aromatic N) is 1. The van der Waals surface area contributed by atoms with Crippen LogP contribution in [0.1, 0.15) is 271 Å². The van der Waals surface area contributed by atoms with Gasteiger partial charge in [0.05, 0.1) is 27.7 Å². The number of quaternary nitrogens is 1. The van der Waals surface area contributed by atoms with E-state index in [0.29, 0.717) is 17.4 Å². The molecule has 0 heterocycles. The molecule has 0 N–H and O–H groups in total. The number of rotatable bonds is 62. The van der Waals surface area contributed by atoms with E-state index < -0.39 is 32.5 Å². The Hall–Kier alpha value is -4.11. The fourth-order valence-electron chi connectivity index (χ4n) is 9.14. The van der Waals surface area contributed by atoms with Crippen LogP contribution in [0.2, 0.25) is 0 Å². The molecule has 0 aromatic heterocycles. The van der Waals surface area contributed by atoms with Crippen LogP contribution in [0.5, 0.6) is 0 Å². The first-order valence-corrected chi connectivity index (χ1v) is 36.0. The summed E-state index contributed by atoms with van der Waals surface area (Å²) in [5.74, 6) is -0.842. The average Bonchev–Trinajstić information content (AvgIpc) is 3.70. The number of hydrogen-bond donors (Lipinski definition) is 0. The van der Waals surface area contributed by atoms with Crippen molar-refractivity contribution in [2.45, 2.75) is 277 Å². The second kappa shape index (κ2) is 65.3. The average molecular weight is 1210 g/mol. The molecule has 0 aromatic rings. The molecule has 10 heteroatoms. The van der Waals surface area contributed by atoms with Gasteiger partial charge in [-0.25, -0.2) is 0 Å². The molecule has 0 aliphatic carbocycles. The molecule has 2 atom stereocenters. The third-order valence-corrected chi connectivity index (χ3v) is 15.3. The molecule has 9 nitrogen and oxygen atoms in total. The van der Waals surface area contributed by atoms with Crippen LogP contribution in [0.15, 0.2) is 146 Å². The van der Waals surface area contributed by atoms with Gasteiger partial charge in [0.2, 0.25) is 0 Å². The number of unbranched alkanes of at least 4 members (excludes halogenated alkanes) is 24. The minimum Gasteiger partial charge on any atom is -0.756 e.